The van der Waals surface area contributed by atoms with Crippen molar-refractivity contribution in [3.05, 3.63) is 42.1 Å². The minimum Gasteiger partial charge on any atom is -0.256 e. The van der Waals surface area contributed by atoms with Crippen LogP contribution < -0.4 is 0 Å². The van der Waals surface area contributed by atoms with E-state index in [2.05, 4.69) is 36.2 Å². The van der Waals surface area contributed by atoms with E-state index in [-0.39, 0.29) is 0 Å². The molecule has 60 valence electrons. The van der Waals surface area contributed by atoms with Crippen molar-refractivity contribution in [3.8, 4) is 0 Å². The number of aryl methyl sites for hydroxylation is 1. The zero-order valence-electron chi connectivity index (χ0n) is 7.12. The van der Waals surface area contributed by atoms with Gasteiger partial charge < -0.3 is 0 Å². The van der Waals surface area contributed by atoms with Crippen molar-refractivity contribution >= 4 is 10.9 Å². The van der Waals surface area contributed by atoms with Crippen LogP contribution in [0.1, 0.15) is 12.5 Å². The number of fused-ring (bicyclic) bond motifs is 1. The van der Waals surface area contributed by atoms with Crippen molar-refractivity contribution in [2.45, 2.75) is 13.3 Å². The largest absolute Gasteiger partial charge is 0.256 e. The number of hydrogen-bond donors (Lipinski definition) is 0. The summed E-state index contributed by atoms with van der Waals surface area (Å²) >= 11 is 0. The maximum Gasteiger partial charge on any atom is 0.0704 e. The van der Waals surface area contributed by atoms with Crippen molar-refractivity contribution in [3.63, 3.8) is 0 Å². The third-order valence-corrected chi connectivity index (χ3v) is 2.12. The van der Waals surface area contributed by atoms with Crippen LogP contribution in [0.4, 0.5) is 0 Å². The molecule has 0 amide bonds. The molecule has 12 heavy (non-hydrogen) atoms. The third kappa shape index (κ3) is 1.07. The quantitative estimate of drug-likeness (QED) is 0.620. The van der Waals surface area contributed by atoms with E-state index in [1.807, 2.05) is 12.3 Å². The van der Waals surface area contributed by atoms with Crippen LogP contribution in [0.15, 0.2) is 36.5 Å². The van der Waals surface area contributed by atoms with Crippen LogP contribution in [0.25, 0.3) is 10.9 Å². The second-order valence-electron chi connectivity index (χ2n) is 2.84. The number of aromatic nitrogens is 1. The average molecular weight is 157 g/mol. The van der Waals surface area contributed by atoms with Crippen molar-refractivity contribution in [1.82, 2.24) is 4.98 Å². The van der Waals surface area contributed by atoms with Crippen LogP contribution in [-0.4, -0.2) is 4.98 Å². The predicted octanol–water partition coefficient (Wildman–Crippen LogP) is 2.80. The standard InChI is InChI=1S/C11H11N/c1-2-9-5-3-7-11-10(9)6-4-8-12-11/h3-8H,2H2,1H3. The fourth-order valence-electron chi connectivity index (χ4n) is 1.48. The van der Waals surface area contributed by atoms with E-state index in [9.17, 15) is 0 Å². The Bertz CT molecular complexity index is 388. The lowest BCUT2D eigenvalue weighted by atomic mass is 10.1. The molecule has 0 spiro atoms. The molecule has 0 atom stereocenters. The van der Waals surface area contributed by atoms with Crippen LogP contribution in [0.3, 0.4) is 0 Å². The molecule has 0 bridgehead atoms. The zero-order valence-corrected chi connectivity index (χ0v) is 7.12. The molecule has 0 unspecified atom stereocenters. The highest BCUT2D eigenvalue weighted by Gasteiger charge is 1.96. The van der Waals surface area contributed by atoms with Crippen molar-refractivity contribution in [1.29, 1.82) is 0 Å². The first-order valence-electron chi connectivity index (χ1n) is 4.24. The smallest absolute Gasteiger partial charge is 0.0704 e. The fourth-order valence-corrected chi connectivity index (χ4v) is 1.48. The Morgan fingerprint density at radius 2 is 2.08 bits per heavy atom. The SMILES string of the molecule is CCc1cccc2ncccc12. The number of hydrogen-bond acceptors (Lipinski definition) is 1. The summed E-state index contributed by atoms with van der Waals surface area (Å²) in [7, 11) is 0. The Labute approximate surface area is 72.1 Å². The Morgan fingerprint density at radius 3 is 2.92 bits per heavy atom. The predicted molar refractivity (Wildman–Crippen MR) is 51.1 cm³/mol. The van der Waals surface area contributed by atoms with E-state index >= 15 is 0 Å². The highest BCUT2D eigenvalue weighted by atomic mass is 14.6. The summed E-state index contributed by atoms with van der Waals surface area (Å²) in [5.74, 6) is 0. The minimum absolute atomic E-state index is 1.07. The second kappa shape index (κ2) is 2.94. The first-order valence-corrected chi connectivity index (χ1v) is 4.24. The van der Waals surface area contributed by atoms with Gasteiger partial charge in [0.15, 0.2) is 0 Å². The first-order chi connectivity index (χ1) is 5.92. The molecular formula is C11H11N. The van der Waals surface area contributed by atoms with E-state index < -0.39 is 0 Å². The molecular weight excluding hydrogens is 146 g/mol. The van der Waals surface area contributed by atoms with E-state index in [1.54, 1.807) is 0 Å². The lowest BCUT2D eigenvalue weighted by Crippen LogP contribution is -1.84. The third-order valence-electron chi connectivity index (χ3n) is 2.12. The molecule has 1 aromatic carbocycles. The highest BCUT2D eigenvalue weighted by Crippen LogP contribution is 2.16. The van der Waals surface area contributed by atoms with Gasteiger partial charge in [0.1, 0.15) is 0 Å². The molecule has 0 aliphatic heterocycles. The van der Waals surface area contributed by atoms with E-state index in [4.69, 9.17) is 0 Å². The molecule has 1 nitrogen and oxygen atoms in total. The van der Waals surface area contributed by atoms with Gasteiger partial charge in [-0.15, -0.1) is 0 Å². The van der Waals surface area contributed by atoms with Gasteiger partial charge in [0, 0.05) is 11.6 Å². The summed E-state index contributed by atoms with van der Waals surface area (Å²) in [5, 5.41) is 1.28. The first kappa shape index (κ1) is 7.29. The van der Waals surface area contributed by atoms with Gasteiger partial charge in [0.05, 0.1) is 5.52 Å². The minimum atomic E-state index is 1.07. The molecule has 0 N–H and O–H groups in total. The van der Waals surface area contributed by atoms with Crippen molar-refractivity contribution in [2.24, 2.45) is 0 Å². The maximum absolute atomic E-state index is 4.29. The molecule has 0 fully saturated rings. The summed E-state index contributed by atoms with van der Waals surface area (Å²) in [5.41, 5.74) is 2.47. The Balaban J connectivity index is 2.79. The van der Waals surface area contributed by atoms with Crippen LogP contribution in [0, 0.1) is 0 Å². The molecule has 1 aromatic heterocycles. The van der Waals surface area contributed by atoms with Crippen LogP contribution in [0.5, 0.6) is 0 Å². The highest BCUT2D eigenvalue weighted by molar-refractivity contribution is 5.81. The summed E-state index contributed by atoms with van der Waals surface area (Å²) < 4.78 is 0. The molecule has 0 radical (unpaired) electrons. The van der Waals surface area contributed by atoms with Gasteiger partial charge in [0.2, 0.25) is 0 Å². The van der Waals surface area contributed by atoms with Crippen LogP contribution in [-0.2, 0) is 6.42 Å². The molecule has 0 saturated heterocycles. The van der Waals surface area contributed by atoms with E-state index in [1.165, 1.54) is 10.9 Å². The molecule has 2 rings (SSSR count). The van der Waals surface area contributed by atoms with Gasteiger partial charge in [-0.05, 0) is 24.1 Å². The number of pyridine rings is 1. The van der Waals surface area contributed by atoms with Crippen molar-refractivity contribution < 1.29 is 0 Å². The molecule has 0 saturated carbocycles. The monoisotopic (exact) mass is 157 g/mol. The second-order valence-corrected chi connectivity index (χ2v) is 2.84. The van der Waals surface area contributed by atoms with Crippen molar-refractivity contribution in [2.75, 3.05) is 0 Å². The van der Waals surface area contributed by atoms with E-state index in [0.717, 1.165) is 11.9 Å². The number of benzene rings is 1. The van der Waals surface area contributed by atoms with Crippen LogP contribution in [0.2, 0.25) is 0 Å². The van der Waals surface area contributed by atoms with Gasteiger partial charge in [-0.3, -0.25) is 4.98 Å². The molecule has 0 aliphatic rings. The molecule has 0 aliphatic carbocycles. The lowest BCUT2D eigenvalue weighted by Gasteiger charge is -2.01. The maximum atomic E-state index is 4.29. The fraction of sp³-hybridized carbons (Fsp3) is 0.182. The average Bonchev–Trinajstić information content (AvgIpc) is 2.17. The van der Waals surface area contributed by atoms with Gasteiger partial charge in [0.25, 0.3) is 0 Å². The normalized spacial score (nSPS) is 10.4. The van der Waals surface area contributed by atoms with Crippen LogP contribution >= 0.6 is 0 Å². The Hall–Kier alpha value is -1.37. The molecule has 1 heteroatoms. The van der Waals surface area contributed by atoms with Gasteiger partial charge in [-0.25, -0.2) is 0 Å². The molecule has 1 heterocycles. The summed E-state index contributed by atoms with van der Waals surface area (Å²) in [6, 6.07) is 10.4. The number of rotatable bonds is 1. The summed E-state index contributed by atoms with van der Waals surface area (Å²) in [6.07, 6.45) is 2.91. The summed E-state index contributed by atoms with van der Waals surface area (Å²) in [6.45, 7) is 2.17. The summed E-state index contributed by atoms with van der Waals surface area (Å²) in [4.78, 5) is 4.29. The van der Waals surface area contributed by atoms with Gasteiger partial charge >= 0.3 is 0 Å². The number of nitrogens with zero attached hydrogens (tertiary/aromatic N) is 1. The Kier molecular flexibility index (Phi) is 1.78. The van der Waals surface area contributed by atoms with Gasteiger partial charge in [-0.2, -0.15) is 0 Å². The molecule has 2 aromatic rings. The van der Waals surface area contributed by atoms with Gasteiger partial charge in [-0.1, -0.05) is 25.1 Å². The lowest BCUT2D eigenvalue weighted by molar-refractivity contribution is 1.16. The zero-order chi connectivity index (χ0) is 8.39. The Morgan fingerprint density at radius 1 is 1.17 bits per heavy atom. The topological polar surface area (TPSA) is 12.9 Å². The van der Waals surface area contributed by atoms with E-state index in [0.29, 0.717) is 0 Å².